The van der Waals surface area contributed by atoms with E-state index in [0.717, 1.165) is 19.5 Å². The number of aliphatic hydroxyl groups excluding tert-OH is 1. The fourth-order valence-electron chi connectivity index (χ4n) is 3.42. The van der Waals surface area contributed by atoms with E-state index in [2.05, 4.69) is 48.3 Å². The Kier molecular flexibility index (Phi) is 4.23. The Bertz CT molecular complexity index is 486. The molecule has 1 aromatic rings. The fourth-order valence-corrected chi connectivity index (χ4v) is 3.42. The van der Waals surface area contributed by atoms with Gasteiger partial charge in [0, 0.05) is 30.4 Å². The van der Waals surface area contributed by atoms with Crippen LogP contribution in [0.1, 0.15) is 38.7 Å². The minimum Gasteiger partial charge on any atom is -0.394 e. The van der Waals surface area contributed by atoms with Crippen molar-refractivity contribution < 1.29 is 5.11 Å². The van der Waals surface area contributed by atoms with Gasteiger partial charge in [0.05, 0.1) is 6.61 Å². The van der Waals surface area contributed by atoms with Crippen molar-refractivity contribution >= 4 is 5.69 Å². The minimum absolute atomic E-state index is 0.142. The number of benzene rings is 1. The number of rotatable bonds is 6. The van der Waals surface area contributed by atoms with E-state index < -0.39 is 0 Å². The Morgan fingerprint density at radius 2 is 2.10 bits per heavy atom. The standard InChI is InChI=1S/C18H28N2O/c1-14-11-15-5-3-4-6-17(15)20(12-14)10-9-18(2,13-21)19-16-7-8-16/h3-6,14,16,19,21H,7-13H2,1-2H3. The summed E-state index contributed by atoms with van der Waals surface area (Å²) in [6.07, 6.45) is 4.70. The molecule has 116 valence electrons. The first kappa shape index (κ1) is 14.9. The third kappa shape index (κ3) is 3.58. The van der Waals surface area contributed by atoms with E-state index in [-0.39, 0.29) is 12.1 Å². The number of fused-ring (bicyclic) bond motifs is 1. The van der Waals surface area contributed by atoms with E-state index in [1.54, 1.807) is 0 Å². The molecule has 0 saturated heterocycles. The fraction of sp³-hybridized carbons (Fsp3) is 0.667. The van der Waals surface area contributed by atoms with Gasteiger partial charge >= 0.3 is 0 Å². The average Bonchev–Trinajstić information content (AvgIpc) is 3.28. The van der Waals surface area contributed by atoms with Crippen LogP contribution in [0.25, 0.3) is 0 Å². The summed E-state index contributed by atoms with van der Waals surface area (Å²) >= 11 is 0. The Morgan fingerprint density at radius 1 is 1.33 bits per heavy atom. The van der Waals surface area contributed by atoms with Crippen molar-refractivity contribution in [3.8, 4) is 0 Å². The van der Waals surface area contributed by atoms with E-state index in [1.165, 1.54) is 30.5 Å². The highest BCUT2D eigenvalue weighted by Crippen LogP contribution is 2.30. The zero-order chi connectivity index (χ0) is 14.9. The first-order valence-electron chi connectivity index (χ1n) is 8.31. The Labute approximate surface area is 128 Å². The third-order valence-corrected chi connectivity index (χ3v) is 4.85. The lowest BCUT2D eigenvalue weighted by molar-refractivity contribution is 0.165. The van der Waals surface area contributed by atoms with Crippen LogP contribution in [0.3, 0.4) is 0 Å². The predicted molar refractivity (Wildman–Crippen MR) is 87.8 cm³/mol. The molecule has 1 aliphatic heterocycles. The minimum atomic E-state index is -0.142. The van der Waals surface area contributed by atoms with Crippen molar-refractivity contribution in [2.24, 2.45) is 5.92 Å². The molecule has 3 rings (SSSR count). The largest absolute Gasteiger partial charge is 0.394 e. The van der Waals surface area contributed by atoms with Crippen molar-refractivity contribution in [2.45, 2.75) is 51.1 Å². The van der Waals surface area contributed by atoms with Gasteiger partial charge in [-0.1, -0.05) is 25.1 Å². The molecule has 1 fully saturated rings. The Balaban J connectivity index is 1.66. The van der Waals surface area contributed by atoms with Gasteiger partial charge in [-0.15, -0.1) is 0 Å². The van der Waals surface area contributed by atoms with Gasteiger partial charge in [0.2, 0.25) is 0 Å². The first-order valence-corrected chi connectivity index (χ1v) is 8.31. The second kappa shape index (κ2) is 5.98. The predicted octanol–water partition coefficient (Wildman–Crippen LogP) is 2.58. The summed E-state index contributed by atoms with van der Waals surface area (Å²) in [5, 5.41) is 13.4. The van der Waals surface area contributed by atoms with Gasteiger partial charge in [-0.25, -0.2) is 0 Å². The number of hydrogen-bond donors (Lipinski definition) is 2. The molecule has 2 atom stereocenters. The zero-order valence-corrected chi connectivity index (χ0v) is 13.3. The van der Waals surface area contributed by atoms with Gasteiger partial charge in [0.25, 0.3) is 0 Å². The molecule has 2 N–H and O–H groups in total. The number of para-hydroxylation sites is 1. The summed E-state index contributed by atoms with van der Waals surface area (Å²) in [4.78, 5) is 2.51. The SMILES string of the molecule is CC1Cc2ccccc2N(CCC(C)(CO)NC2CC2)C1. The van der Waals surface area contributed by atoms with Crippen LogP contribution in [-0.2, 0) is 6.42 Å². The molecule has 0 spiro atoms. The van der Waals surface area contributed by atoms with Crippen LogP contribution in [0, 0.1) is 5.92 Å². The highest BCUT2D eigenvalue weighted by atomic mass is 16.3. The van der Waals surface area contributed by atoms with Gasteiger partial charge in [-0.2, -0.15) is 0 Å². The van der Waals surface area contributed by atoms with Gasteiger partial charge < -0.3 is 15.3 Å². The van der Waals surface area contributed by atoms with Crippen LogP contribution < -0.4 is 10.2 Å². The van der Waals surface area contributed by atoms with Crippen LogP contribution in [0.2, 0.25) is 0 Å². The molecular weight excluding hydrogens is 260 g/mol. The summed E-state index contributed by atoms with van der Waals surface area (Å²) in [7, 11) is 0. The maximum Gasteiger partial charge on any atom is 0.0611 e. The van der Waals surface area contributed by atoms with Crippen molar-refractivity contribution in [3.05, 3.63) is 29.8 Å². The molecule has 0 bridgehead atoms. The molecule has 2 unspecified atom stereocenters. The van der Waals surface area contributed by atoms with E-state index in [0.29, 0.717) is 12.0 Å². The molecule has 0 radical (unpaired) electrons. The lowest BCUT2D eigenvalue weighted by Crippen LogP contribution is -2.49. The molecule has 1 aliphatic carbocycles. The van der Waals surface area contributed by atoms with Crippen molar-refractivity contribution in [3.63, 3.8) is 0 Å². The van der Waals surface area contributed by atoms with E-state index >= 15 is 0 Å². The molecular formula is C18H28N2O. The number of hydrogen-bond acceptors (Lipinski definition) is 3. The average molecular weight is 288 g/mol. The molecule has 0 aromatic heterocycles. The normalized spacial score (nSPS) is 24.5. The lowest BCUT2D eigenvalue weighted by atomic mass is 9.92. The highest BCUT2D eigenvalue weighted by molar-refractivity contribution is 5.55. The third-order valence-electron chi connectivity index (χ3n) is 4.85. The van der Waals surface area contributed by atoms with Gasteiger partial charge in [-0.3, -0.25) is 0 Å². The van der Waals surface area contributed by atoms with Crippen molar-refractivity contribution in [1.82, 2.24) is 5.32 Å². The molecule has 3 nitrogen and oxygen atoms in total. The molecule has 0 amide bonds. The van der Waals surface area contributed by atoms with Gasteiger partial charge in [0.1, 0.15) is 0 Å². The highest BCUT2D eigenvalue weighted by Gasteiger charge is 2.32. The second-order valence-corrected chi connectivity index (χ2v) is 7.27. The lowest BCUT2D eigenvalue weighted by Gasteiger charge is -2.38. The summed E-state index contributed by atoms with van der Waals surface area (Å²) < 4.78 is 0. The number of aliphatic hydroxyl groups is 1. The molecule has 1 aromatic carbocycles. The van der Waals surface area contributed by atoms with E-state index in [9.17, 15) is 5.11 Å². The quantitative estimate of drug-likeness (QED) is 0.844. The maximum absolute atomic E-state index is 9.76. The number of nitrogens with zero attached hydrogens (tertiary/aromatic N) is 1. The van der Waals surface area contributed by atoms with Crippen LogP contribution in [0.5, 0.6) is 0 Å². The van der Waals surface area contributed by atoms with Crippen molar-refractivity contribution in [1.29, 1.82) is 0 Å². The molecule has 2 aliphatic rings. The zero-order valence-electron chi connectivity index (χ0n) is 13.3. The van der Waals surface area contributed by atoms with Crippen LogP contribution in [0.4, 0.5) is 5.69 Å². The Morgan fingerprint density at radius 3 is 2.81 bits per heavy atom. The summed E-state index contributed by atoms with van der Waals surface area (Å²) in [5.74, 6) is 0.705. The van der Waals surface area contributed by atoms with E-state index in [4.69, 9.17) is 0 Å². The molecule has 3 heteroatoms. The summed E-state index contributed by atoms with van der Waals surface area (Å²) in [6.45, 7) is 6.84. The monoisotopic (exact) mass is 288 g/mol. The van der Waals surface area contributed by atoms with Crippen LogP contribution in [-0.4, -0.2) is 36.4 Å². The van der Waals surface area contributed by atoms with Crippen molar-refractivity contribution in [2.75, 3.05) is 24.6 Å². The number of anilines is 1. The Hall–Kier alpha value is -1.06. The smallest absolute Gasteiger partial charge is 0.0611 e. The van der Waals surface area contributed by atoms with Crippen LogP contribution in [0.15, 0.2) is 24.3 Å². The summed E-state index contributed by atoms with van der Waals surface area (Å²) in [5.41, 5.74) is 2.72. The molecule has 21 heavy (non-hydrogen) atoms. The topological polar surface area (TPSA) is 35.5 Å². The molecule has 1 heterocycles. The first-order chi connectivity index (χ1) is 10.1. The van der Waals surface area contributed by atoms with Gasteiger partial charge in [-0.05, 0) is 50.2 Å². The maximum atomic E-state index is 9.76. The summed E-state index contributed by atoms with van der Waals surface area (Å²) in [6, 6.07) is 9.41. The van der Waals surface area contributed by atoms with E-state index in [1.807, 2.05) is 0 Å². The van der Waals surface area contributed by atoms with Gasteiger partial charge in [0.15, 0.2) is 0 Å². The molecule has 1 saturated carbocycles. The van der Waals surface area contributed by atoms with Crippen LogP contribution >= 0.6 is 0 Å². The second-order valence-electron chi connectivity index (χ2n) is 7.27. The number of nitrogens with one attached hydrogen (secondary N) is 1.